The van der Waals surface area contributed by atoms with Gasteiger partial charge in [-0.15, -0.1) is 0 Å². The molecule has 2 aliphatic rings. The van der Waals surface area contributed by atoms with Crippen molar-refractivity contribution in [1.29, 1.82) is 5.26 Å². The maximum atomic E-state index is 14.3. The molecular formula is C20H15ClFN3O4. The average Bonchev–Trinajstić information content (AvgIpc) is 2.67. The van der Waals surface area contributed by atoms with Gasteiger partial charge in [0.25, 0.3) is 11.8 Å². The molecule has 0 radical (unpaired) electrons. The molecule has 1 saturated heterocycles. The van der Waals surface area contributed by atoms with Crippen molar-refractivity contribution < 1.29 is 23.5 Å². The van der Waals surface area contributed by atoms with Crippen LogP contribution in [0.4, 0.5) is 10.1 Å². The van der Waals surface area contributed by atoms with Crippen molar-refractivity contribution in [1.82, 2.24) is 4.90 Å². The number of hydrogen-bond donors (Lipinski definition) is 1. The molecule has 4 rings (SSSR count). The van der Waals surface area contributed by atoms with Crippen molar-refractivity contribution in [3.63, 3.8) is 0 Å². The van der Waals surface area contributed by atoms with Crippen LogP contribution in [0, 0.1) is 23.1 Å². The SMILES string of the molecule is N#Cc1cc(Cl)ccc1OCC1CN(C(=O)c2cc3c(cc2F)OCC(=O)N3)C1. The third-order valence-electron chi connectivity index (χ3n) is 4.71. The van der Waals surface area contributed by atoms with E-state index < -0.39 is 11.7 Å². The molecule has 0 aromatic heterocycles. The fourth-order valence-corrected chi connectivity index (χ4v) is 3.37. The van der Waals surface area contributed by atoms with Crippen molar-refractivity contribution in [3.8, 4) is 17.6 Å². The average molecular weight is 416 g/mol. The van der Waals surface area contributed by atoms with Crippen LogP contribution in [0.1, 0.15) is 15.9 Å². The van der Waals surface area contributed by atoms with Crippen LogP contribution in [-0.4, -0.2) is 43.0 Å². The minimum atomic E-state index is -0.704. The maximum Gasteiger partial charge on any atom is 0.262 e. The van der Waals surface area contributed by atoms with Crippen LogP contribution in [0.5, 0.6) is 11.5 Å². The summed E-state index contributed by atoms with van der Waals surface area (Å²) in [6.45, 7) is 0.923. The molecule has 0 bridgehead atoms. The summed E-state index contributed by atoms with van der Waals surface area (Å²) in [5.41, 5.74) is 0.488. The summed E-state index contributed by atoms with van der Waals surface area (Å²) in [6.07, 6.45) is 0. The Hall–Kier alpha value is -3.31. The second-order valence-electron chi connectivity index (χ2n) is 6.80. The van der Waals surface area contributed by atoms with E-state index in [1.165, 1.54) is 17.0 Å². The van der Waals surface area contributed by atoms with E-state index in [1.54, 1.807) is 12.1 Å². The topological polar surface area (TPSA) is 91.7 Å². The van der Waals surface area contributed by atoms with E-state index in [2.05, 4.69) is 5.32 Å². The summed E-state index contributed by atoms with van der Waals surface area (Å²) < 4.78 is 25.1. The summed E-state index contributed by atoms with van der Waals surface area (Å²) in [7, 11) is 0. The van der Waals surface area contributed by atoms with Crippen molar-refractivity contribution in [3.05, 3.63) is 52.3 Å². The van der Waals surface area contributed by atoms with E-state index in [4.69, 9.17) is 26.3 Å². The van der Waals surface area contributed by atoms with Crippen molar-refractivity contribution in [2.24, 2.45) is 5.92 Å². The molecule has 0 spiro atoms. The van der Waals surface area contributed by atoms with Gasteiger partial charge < -0.3 is 19.7 Å². The number of benzene rings is 2. The minimum absolute atomic E-state index is 0.0601. The van der Waals surface area contributed by atoms with Gasteiger partial charge in [0.15, 0.2) is 6.61 Å². The van der Waals surface area contributed by atoms with E-state index in [9.17, 15) is 14.0 Å². The highest BCUT2D eigenvalue weighted by atomic mass is 35.5. The first-order chi connectivity index (χ1) is 13.9. The maximum absolute atomic E-state index is 14.3. The summed E-state index contributed by atoms with van der Waals surface area (Å²) in [4.78, 5) is 25.5. The molecule has 2 aromatic rings. The lowest BCUT2D eigenvalue weighted by atomic mass is 9.99. The number of nitrogens with one attached hydrogen (secondary N) is 1. The van der Waals surface area contributed by atoms with E-state index in [1.807, 2.05) is 6.07 Å². The number of amides is 2. The Morgan fingerprint density at radius 1 is 1.38 bits per heavy atom. The Kier molecular flexibility index (Phi) is 4.99. The zero-order valence-corrected chi connectivity index (χ0v) is 15.8. The van der Waals surface area contributed by atoms with Crippen LogP contribution in [0.15, 0.2) is 30.3 Å². The number of carbonyl (C=O) groups excluding carboxylic acids is 2. The molecule has 2 aromatic carbocycles. The summed E-state index contributed by atoms with van der Waals surface area (Å²) >= 11 is 5.86. The van der Waals surface area contributed by atoms with Gasteiger partial charge in [0.2, 0.25) is 0 Å². The highest BCUT2D eigenvalue weighted by Crippen LogP contribution is 2.32. The number of anilines is 1. The summed E-state index contributed by atoms with van der Waals surface area (Å²) in [5, 5.41) is 12.1. The predicted molar refractivity (Wildman–Crippen MR) is 102 cm³/mol. The van der Waals surface area contributed by atoms with E-state index in [-0.39, 0.29) is 35.4 Å². The van der Waals surface area contributed by atoms with Gasteiger partial charge in [0, 0.05) is 30.1 Å². The molecule has 148 valence electrons. The van der Waals surface area contributed by atoms with Gasteiger partial charge in [-0.2, -0.15) is 5.26 Å². The zero-order valence-electron chi connectivity index (χ0n) is 15.1. The second-order valence-corrected chi connectivity index (χ2v) is 7.24. The number of ether oxygens (including phenoxy) is 2. The first-order valence-electron chi connectivity index (χ1n) is 8.82. The van der Waals surface area contributed by atoms with E-state index in [0.717, 1.165) is 6.07 Å². The minimum Gasteiger partial charge on any atom is -0.492 e. The van der Waals surface area contributed by atoms with Crippen molar-refractivity contribution in [2.45, 2.75) is 0 Å². The van der Waals surface area contributed by atoms with Crippen molar-refractivity contribution in [2.75, 3.05) is 31.6 Å². The molecule has 7 nitrogen and oxygen atoms in total. The molecule has 9 heteroatoms. The fraction of sp³-hybridized carbons (Fsp3) is 0.250. The summed E-state index contributed by atoms with van der Waals surface area (Å²) in [5.74, 6) is -0.842. The third kappa shape index (κ3) is 3.82. The number of nitrogens with zero attached hydrogens (tertiary/aromatic N) is 2. The molecule has 2 amide bonds. The molecule has 0 unspecified atom stereocenters. The predicted octanol–water partition coefficient (Wildman–Crippen LogP) is 2.83. The third-order valence-corrected chi connectivity index (χ3v) is 4.95. The lowest BCUT2D eigenvalue weighted by Gasteiger charge is -2.39. The molecule has 1 N–H and O–H groups in total. The van der Waals surface area contributed by atoms with Crippen LogP contribution in [0.2, 0.25) is 5.02 Å². The lowest BCUT2D eigenvalue weighted by Crippen LogP contribution is -2.52. The quantitative estimate of drug-likeness (QED) is 0.829. The number of nitriles is 1. The van der Waals surface area contributed by atoms with Crippen LogP contribution in [0.25, 0.3) is 0 Å². The second kappa shape index (κ2) is 7.60. The number of fused-ring (bicyclic) bond motifs is 1. The monoisotopic (exact) mass is 415 g/mol. The lowest BCUT2D eigenvalue weighted by molar-refractivity contribution is -0.118. The fourth-order valence-electron chi connectivity index (χ4n) is 3.20. The van der Waals surface area contributed by atoms with Gasteiger partial charge in [-0.25, -0.2) is 4.39 Å². The van der Waals surface area contributed by atoms with Gasteiger partial charge in [-0.05, 0) is 24.3 Å². The zero-order chi connectivity index (χ0) is 20.5. The summed E-state index contributed by atoms with van der Waals surface area (Å²) in [6, 6.07) is 9.20. The number of halogens is 2. The van der Waals surface area contributed by atoms with Gasteiger partial charge in [-0.1, -0.05) is 11.6 Å². The smallest absolute Gasteiger partial charge is 0.262 e. The van der Waals surface area contributed by atoms with Gasteiger partial charge in [0.05, 0.1) is 23.4 Å². The van der Waals surface area contributed by atoms with E-state index >= 15 is 0 Å². The van der Waals surface area contributed by atoms with Crippen LogP contribution >= 0.6 is 11.6 Å². The molecule has 2 aliphatic heterocycles. The first kappa shape index (κ1) is 19.0. The van der Waals surface area contributed by atoms with Crippen LogP contribution in [-0.2, 0) is 4.79 Å². The Morgan fingerprint density at radius 3 is 2.93 bits per heavy atom. The Morgan fingerprint density at radius 2 is 2.17 bits per heavy atom. The number of hydrogen-bond acceptors (Lipinski definition) is 5. The molecule has 0 saturated carbocycles. The molecule has 0 atom stereocenters. The molecule has 2 heterocycles. The van der Waals surface area contributed by atoms with Gasteiger partial charge >= 0.3 is 0 Å². The molecule has 0 aliphatic carbocycles. The molecule has 29 heavy (non-hydrogen) atoms. The van der Waals surface area contributed by atoms with E-state index in [0.29, 0.717) is 36.0 Å². The normalized spacial score (nSPS) is 15.5. The highest BCUT2D eigenvalue weighted by molar-refractivity contribution is 6.30. The molecule has 1 fully saturated rings. The Labute approximate surface area is 170 Å². The number of likely N-dealkylation sites (tertiary alicyclic amines) is 1. The highest BCUT2D eigenvalue weighted by Gasteiger charge is 2.34. The van der Waals surface area contributed by atoms with Gasteiger partial charge in [0.1, 0.15) is 23.4 Å². The number of carbonyl (C=O) groups is 2. The largest absolute Gasteiger partial charge is 0.492 e. The van der Waals surface area contributed by atoms with Crippen molar-refractivity contribution >= 4 is 29.1 Å². The standard InChI is InChI=1S/C20H15ClFN3O4/c21-13-1-2-17(12(3-13)6-23)28-9-11-7-25(8-11)20(27)14-4-16-18(5-15(14)22)29-10-19(26)24-16/h1-5,11H,7-10H2,(H,24,26). The molecular weight excluding hydrogens is 401 g/mol. The Balaban J connectivity index is 1.37. The van der Waals surface area contributed by atoms with Crippen LogP contribution < -0.4 is 14.8 Å². The Bertz CT molecular complexity index is 1050. The first-order valence-corrected chi connectivity index (χ1v) is 9.20. The van der Waals surface area contributed by atoms with Crippen LogP contribution in [0.3, 0.4) is 0 Å². The number of rotatable bonds is 4. The van der Waals surface area contributed by atoms with Gasteiger partial charge in [-0.3, -0.25) is 9.59 Å².